The summed E-state index contributed by atoms with van der Waals surface area (Å²) in [6.07, 6.45) is 4.06. The zero-order valence-corrected chi connectivity index (χ0v) is 8.87. The van der Waals surface area contributed by atoms with Crippen LogP contribution in [-0.4, -0.2) is 36.7 Å². The molecule has 1 aliphatic rings. The molecule has 0 aromatic rings. The first-order valence-electron chi connectivity index (χ1n) is 5.43. The lowest BCUT2D eigenvalue weighted by Crippen LogP contribution is -2.44. The molecule has 1 saturated heterocycles. The molecular formula is C10H20N2O2. The third-order valence-electron chi connectivity index (χ3n) is 2.63. The summed E-state index contributed by atoms with van der Waals surface area (Å²) < 4.78 is 5.00. The first-order chi connectivity index (χ1) is 6.79. The number of rotatable bonds is 3. The Morgan fingerprint density at radius 2 is 2.36 bits per heavy atom. The number of likely N-dealkylation sites (tertiary alicyclic amines) is 1. The average molecular weight is 200 g/mol. The lowest BCUT2D eigenvalue weighted by atomic mass is 10.00. The fourth-order valence-corrected chi connectivity index (χ4v) is 1.94. The van der Waals surface area contributed by atoms with Crippen LogP contribution in [0.15, 0.2) is 0 Å². The fourth-order valence-electron chi connectivity index (χ4n) is 1.94. The van der Waals surface area contributed by atoms with E-state index in [9.17, 15) is 4.79 Å². The Hall–Kier alpha value is -0.770. The minimum absolute atomic E-state index is 0.175. The van der Waals surface area contributed by atoms with E-state index in [1.807, 2.05) is 11.8 Å². The van der Waals surface area contributed by atoms with E-state index in [1.54, 1.807) is 0 Å². The van der Waals surface area contributed by atoms with Crippen molar-refractivity contribution in [3.05, 3.63) is 0 Å². The Kier molecular flexibility index (Phi) is 4.73. The smallest absolute Gasteiger partial charge is 0.409 e. The minimum Gasteiger partial charge on any atom is -0.450 e. The second kappa shape index (κ2) is 5.86. The number of ether oxygens (including phenoxy) is 1. The zero-order valence-electron chi connectivity index (χ0n) is 8.87. The molecule has 1 aliphatic heterocycles. The van der Waals surface area contributed by atoms with Crippen LogP contribution in [0, 0.1) is 0 Å². The van der Waals surface area contributed by atoms with Gasteiger partial charge in [0.25, 0.3) is 0 Å². The van der Waals surface area contributed by atoms with Crippen LogP contribution in [0.3, 0.4) is 0 Å². The highest BCUT2D eigenvalue weighted by molar-refractivity contribution is 5.68. The van der Waals surface area contributed by atoms with Crippen LogP contribution in [0.1, 0.15) is 32.6 Å². The average Bonchev–Trinajstić information content (AvgIpc) is 2.19. The van der Waals surface area contributed by atoms with Crippen molar-refractivity contribution in [2.45, 2.75) is 38.6 Å². The Morgan fingerprint density at radius 1 is 1.57 bits per heavy atom. The van der Waals surface area contributed by atoms with Gasteiger partial charge >= 0.3 is 6.09 Å². The SMILES string of the molecule is CCOC(=O)N1CCCCC1CCN. The number of amides is 1. The van der Waals surface area contributed by atoms with Gasteiger partial charge in [-0.25, -0.2) is 4.79 Å². The summed E-state index contributed by atoms with van der Waals surface area (Å²) in [4.78, 5) is 13.4. The molecule has 1 atom stereocenters. The summed E-state index contributed by atoms with van der Waals surface area (Å²) in [5, 5.41) is 0. The molecule has 0 spiro atoms. The fraction of sp³-hybridized carbons (Fsp3) is 0.900. The maximum atomic E-state index is 11.5. The monoisotopic (exact) mass is 200 g/mol. The number of nitrogens with two attached hydrogens (primary N) is 1. The zero-order chi connectivity index (χ0) is 10.4. The predicted molar refractivity (Wildman–Crippen MR) is 55.0 cm³/mol. The van der Waals surface area contributed by atoms with E-state index < -0.39 is 0 Å². The molecule has 1 fully saturated rings. The quantitative estimate of drug-likeness (QED) is 0.748. The van der Waals surface area contributed by atoms with Gasteiger partial charge in [-0.1, -0.05) is 0 Å². The van der Waals surface area contributed by atoms with Crippen molar-refractivity contribution < 1.29 is 9.53 Å². The Bertz CT molecular complexity index is 183. The molecule has 0 aromatic heterocycles. The molecule has 0 radical (unpaired) electrons. The first kappa shape index (κ1) is 11.3. The summed E-state index contributed by atoms with van der Waals surface area (Å²) in [5.41, 5.74) is 5.52. The van der Waals surface area contributed by atoms with Crippen LogP contribution >= 0.6 is 0 Å². The van der Waals surface area contributed by atoms with Gasteiger partial charge in [0.1, 0.15) is 0 Å². The van der Waals surface area contributed by atoms with Crippen molar-refractivity contribution in [1.82, 2.24) is 4.90 Å². The topological polar surface area (TPSA) is 55.6 Å². The highest BCUT2D eigenvalue weighted by Gasteiger charge is 2.26. The molecule has 1 rings (SSSR count). The molecule has 4 nitrogen and oxygen atoms in total. The third kappa shape index (κ3) is 2.87. The summed E-state index contributed by atoms with van der Waals surface area (Å²) in [6.45, 7) is 3.74. The summed E-state index contributed by atoms with van der Waals surface area (Å²) in [5.74, 6) is 0. The number of carbonyl (C=O) groups excluding carboxylic acids is 1. The van der Waals surface area contributed by atoms with Gasteiger partial charge in [0.05, 0.1) is 6.61 Å². The van der Waals surface area contributed by atoms with E-state index in [1.165, 1.54) is 6.42 Å². The highest BCUT2D eigenvalue weighted by atomic mass is 16.6. The van der Waals surface area contributed by atoms with Gasteiger partial charge < -0.3 is 15.4 Å². The largest absolute Gasteiger partial charge is 0.450 e. The third-order valence-corrected chi connectivity index (χ3v) is 2.63. The van der Waals surface area contributed by atoms with Gasteiger partial charge in [-0.3, -0.25) is 0 Å². The Morgan fingerprint density at radius 3 is 3.00 bits per heavy atom. The van der Waals surface area contributed by atoms with Gasteiger partial charge in [-0.15, -0.1) is 0 Å². The lowest BCUT2D eigenvalue weighted by Gasteiger charge is -2.34. The molecule has 0 saturated carbocycles. The molecular weight excluding hydrogens is 180 g/mol. The summed E-state index contributed by atoms with van der Waals surface area (Å²) in [6, 6.07) is 0.299. The van der Waals surface area contributed by atoms with E-state index >= 15 is 0 Å². The summed E-state index contributed by atoms with van der Waals surface area (Å²) in [7, 11) is 0. The standard InChI is InChI=1S/C10H20N2O2/c1-2-14-10(13)12-8-4-3-5-9(12)6-7-11/h9H,2-8,11H2,1H3. The first-order valence-corrected chi connectivity index (χ1v) is 5.43. The lowest BCUT2D eigenvalue weighted by molar-refractivity contribution is 0.0752. The molecule has 82 valence electrons. The molecule has 1 amide bonds. The summed E-state index contributed by atoms with van der Waals surface area (Å²) >= 11 is 0. The van der Waals surface area contributed by atoms with Gasteiger partial charge in [-0.2, -0.15) is 0 Å². The number of carbonyl (C=O) groups is 1. The van der Waals surface area contributed by atoms with E-state index in [-0.39, 0.29) is 6.09 Å². The van der Waals surface area contributed by atoms with Crippen LogP contribution < -0.4 is 5.73 Å². The number of hydrogen-bond donors (Lipinski definition) is 1. The van der Waals surface area contributed by atoms with Crippen LogP contribution in [0.25, 0.3) is 0 Å². The normalized spacial score (nSPS) is 22.1. The van der Waals surface area contributed by atoms with E-state index in [2.05, 4.69) is 0 Å². The van der Waals surface area contributed by atoms with Crippen LogP contribution in [0.2, 0.25) is 0 Å². The predicted octanol–water partition coefficient (Wildman–Crippen LogP) is 1.35. The van der Waals surface area contributed by atoms with Crippen LogP contribution in [0.5, 0.6) is 0 Å². The Labute approximate surface area is 85.4 Å². The highest BCUT2D eigenvalue weighted by Crippen LogP contribution is 2.19. The molecule has 0 bridgehead atoms. The second-order valence-corrected chi connectivity index (χ2v) is 3.62. The van der Waals surface area contributed by atoms with Crippen LogP contribution in [-0.2, 0) is 4.74 Å². The van der Waals surface area contributed by atoms with E-state index in [4.69, 9.17) is 10.5 Å². The molecule has 4 heteroatoms. The molecule has 0 aromatic carbocycles. The van der Waals surface area contributed by atoms with E-state index in [0.29, 0.717) is 19.2 Å². The maximum absolute atomic E-state index is 11.5. The van der Waals surface area contributed by atoms with Crippen molar-refractivity contribution in [3.8, 4) is 0 Å². The molecule has 2 N–H and O–H groups in total. The van der Waals surface area contributed by atoms with E-state index in [0.717, 1.165) is 25.8 Å². The maximum Gasteiger partial charge on any atom is 0.409 e. The number of piperidine rings is 1. The van der Waals surface area contributed by atoms with Gasteiger partial charge in [0.15, 0.2) is 0 Å². The minimum atomic E-state index is -0.175. The van der Waals surface area contributed by atoms with Gasteiger partial charge in [0, 0.05) is 12.6 Å². The van der Waals surface area contributed by atoms with Crippen molar-refractivity contribution in [2.75, 3.05) is 19.7 Å². The number of nitrogens with zero attached hydrogens (tertiary/aromatic N) is 1. The van der Waals surface area contributed by atoms with Crippen molar-refractivity contribution in [1.29, 1.82) is 0 Å². The number of hydrogen-bond acceptors (Lipinski definition) is 3. The second-order valence-electron chi connectivity index (χ2n) is 3.62. The van der Waals surface area contributed by atoms with Crippen LogP contribution in [0.4, 0.5) is 4.79 Å². The molecule has 1 heterocycles. The van der Waals surface area contributed by atoms with Gasteiger partial charge in [0.2, 0.25) is 0 Å². The van der Waals surface area contributed by atoms with Crippen molar-refractivity contribution in [2.24, 2.45) is 5.73 Å². The van der Waals surface area contributed by atoms with Crippen molar-refractivity contribution >= 4 is 6.09 Å². The van der Waals surface area contributed by atoms with Gasteiger partial charge in [-0.05, 0) is 39.2 Å². The molecule has 14 heavy (non-hydrogen) atoms. The molecule has 1 unspecified atom stereocenters. The van der Waals surface area contributed by atoms with Crippen molar-refractivity contribution in [3.63, 3.8) is 0 Å². The molecule has 0 aliphatic carbocycles. The Balaban J connectivity index is 2.48.